The van der Waals surface area contributed by atoms with Crippen LogP contribution in [0.1, 0.15) is 32.2 Å². The van der Waals surface area contributed by atoms with Crippen molar-refractivity contribution < 1.29 is 4.79 Å². The highest BCUT2D eigenvalue weighted by Gasteiger charge is 2.18. The summed E-state index contributed by atoms with van der Waals surface area (Å²) in [6, 6.07) is 12.1. The molecule has 0 fully saturated rings. The summed E-state index contributed by atoms with van der Waals surface area (Å²) in [5, 5.41) is 11.7. The van der Waals surface area contributed by atoms with Crippen LogP contribution in [0, 0.1) is 6.92 Å². The van der Waals surface area contributed by atoms with E-state index in [1.54, 1.807) is 0 Å². The van der Waals surface area contributed by atoms with Crippen molar-refractivity contribution >= 4 is 33.1 Å². The second kappa shape index (κ2) is 7.55. The van der Waals surface area contributed by atoms with Crippen LogP contribution in [0.25, 0.3) is 15.9 Å². The van der Waals surface area contributed by atoms with Gasteiger partial charge in [0, 0.05) is 36.3 Å². The van der Waals surface area contributed by atoms with Crippen molar-refractivity contribution in [3.05, 3.63) is 70.0 Å². The number of nitrogens with one attached hydrogen (secondary N) is 2. The van der Waals surface area contributed by atoms with Crippen molar-refractivity contribution in [1.29, 1.82) is 0 Å². The third-order valence-corrected chi connectivity index (χ3v) is 6.50. The minimum atomic E-state index is -0.149. The quantitative estimate of drug-likeness (QED) is 0.463. The molecule has 4 N–H and O–H groups in total. The lowest BCUT2D eigenvalue weighted by Gasteiger charge is -2.08. The molecule has 0 saturated heterocycles. The Balaban J connectivity index is 1.22. The highest BCUT2D eigenvalue weighted by Crippen LogP contribution is 2.32. The Hall–Kier alpha value is -3.23. The third-order valence-electron chi connectivity index (χ3n) is 5.38. The number of carbonyl (C=O) groups excluding carboxylic acids is 1. The van der Waals surface area contributed by atoms with Crippen LogP contribution in [0.2, 0.25) is 0 Å². The largest absolute Gasteiger partial charge is 0.397 e. The van der Waals surface area contributed by atoms with E-state index < -0.39 is 0 Å². The molecule has 0 aliphatic carbocycles. The van der Waals surface area contributed by atoms with Crippen LogP contribution in [-0.4, -0.2) is 27.2 Å². The average Bonchev–Trinajstić information content (AvgIpc) is 3.43. The zero-order valence-corrected chi connectivity index (χ0v) is 17.4. The summed E-state index contributed by atoms with van der Waals surface area (Å²) >= 11 is 1.34. The Morgan fingerprint density at radius 3 is 2.90 bits per heavy atom. The summed E-state index contributed by atoms with van der Waals surface area (Å²) in [6.45, 7) is 4.20. The van der Waals surface area contributed by atoms with Gasteiger partial charge < -0.3 is 16.4 Å². The SMILES string of the molecule is Cc1ccc2c(N)c(C(=O)NCCc3ccc(-n4ncc5c4CNC5)cc3)sc2n1. The van der Waals surface area contributed by atoms with Gasteiger partial charge in [-0.3, -0.25) is 4.79 Å². The average molecular weight is 419 g/mol. The molecule has 4 aromatic rings. The van der Waals surface area contributed by atoms with E-state index in [4.69, 9.17) is 5.73 Å². The monoisotopic (exact) mass is 418 g/mol. The van der Waals surface area contributed by atoms with Gasteiger partial charge in [-0.15, -0.1) is 11.3 Å². The van der Waals surface area contributed by atoms with Crippen LogP contribution in [0.3, 0.4) is 0 Å². The smallest absolute Gasteiger partial charge is 0.263 e. The molecular weight excluding hydrogens is 396 g/mol. The summed E-state index contributed by atoms with van der Waals surface area (Å²) in [4.78, 5) is 18.4. The van der Waals surface area contributed by atoms with Crippen LogP contribution >= 0.6 is 11.3 Å². The number of aromatic nitrogens is 3. The maximum Gasteiger partial charge on any atom is 0.263 e. The number of nitrogen functional groups attached to an aromatic ring is 1. The summed E-state index contributed by atoms with van der Waals surface area (Å²) in [6.07, 6.45) is 2.67. The standard InChI is InChI=1S/C22H22N6OS/c1-13-2-7-17-19(23)20(30-22(17)27-13)21(29)25-9-8-14-3-5-16(6-4-14)28-18-12-24-10-15(18)11-26-28/h2-7,11,24H,8-10,12,23H2,1H3,(H,25,29). The van der Waals surface area contributed by atoms with Gasteiger partial charge in [-0.25, -0.2) is 9.67 Å². The zero-order chi connectivity index (χ0) is 20.7. The Morgan fingerprint density at radius 2 is 2.07 bits per heavy atom. The van der Waals surface area contributed by atoms with Gasteiger partial charge in [-0.05, 0) is 43.2 Å². The first kappa shape index (κ1) is 18.8. The predicted octanol–water partition coefficient (Wildman–Crippen LogP) is 2.95. The summed E-state index contributed by atoms with van der Waals surface area (Å²) < 4.78 is 1.99. The fraction of sp³-hybridized carbons (Fsp3) is 0.227. The van der Waals surface area contributed by atoms with E-state index in [0.717, 1.165) is 46.7 Å². The lowest BCUT2D eigenvalue weighted by molar-refractivity contribution is 0.0959. The van der Waals surface area contributed by atoms with Gasteiger partial charge in [0.1, 0.15) is 9.71 Å². The normalized spacial score (nSPS) is 13.0. The van der Waals surface area contributed by atoms with Gasteiger partial charge in [0.15, 0.2) is 0 Å². The van der Waals surface area contributed by atoms with E-state index in [9.17, 15) is 4.79 Å². The van der Waals surface area contributed by atoms with E-state index in [1.807, 2.05) is 29.9 Å². The predicted molar refractivity (Wildman–Crippen MR) is 119 cm³/mol. The summed E-state index contributed by atoms with van der Waals surface area (Å²) in [7, 11) is 0. The minimum absolute atomic E-state index is 0.149. The topological polar surface area (TPSA) is 97.9 Å². The van der Waals surface area contributed by atoms with Crippen molar-refractivity contribution in [3.63, 3.8) is 0 Å². The number of hydrogen-bond acceptors (Lipinski definition) is 6. The molecule has 0 atom stereocenters. The zero-order valence-electron chi connectivity index (χ0n) is 16.6. The number of anilines is 1. The number of nitrogens with two attached hydrogens (primary N) is 1. The lowest BCUT2D eigenvalue weighted by atomic mass is 10.1. The molecule has 1 aromatic carbocycles. The number of fused-ring (bicyclic) bond motifs is 2. The molecular formula is C22H22N6OS. The van der Waals surface area contributed by atoms with Crippen molar-refractivity contribution in [2.24, 2.45) is 0 Å². The van der Waals surface area contributed by atoms with E-state index in [-0.39, 0.29) is 5.91 Å². The molecule has 4 heterocycles. The van der Waals surface area contributed by atoms with E-state index in [1.165, 1.54) is 22.6 Å². The Bertz CT molecular complexity index is 1240. The van der Waals surface area contributed by atoms with Gasteiger partial charge in [0.25, 0.3) is 5.91 Å². The van der Waals surface area contributed by atoms with Crippen molar-refractivity contribution in [2.45, 2.75) is 26.4 Å². The highest BCUT2D eigenvalue weighted by molar-refractivity contribution is 7.21. The number of carbonyl (C=O) groups is 1. The van der Waals surface area contributed by atoms with E-state index >= 15 is 0 Å². The molecule has 3 aromatic heterocycles. The molecule has 8 heteroatoms. The van der Waals surface area contributed by atoms with Crippen LogP contribution in [-0.2, 0) is 19.5 Å². The maximum atomic E-state index is 12.6. The lowest BCUT2D eigenvalue weighted by Crippen LogP contribution is -2.25. The van der Waals surface area contributed by atoms with Crippen molar-refractivity contribution in [1.82, 2.24) is 25.4 Å². The number of pyridine rings is 1. The molecule has 0 bridgehead atoms. The number of hydrogen-bond donors (Lipinski definition) is 3. The molecule has 1 aliphatic rings. The molecule has 5 rings (SSSR count). The Kier molecular flexibility index (Phi) is 4.72. The number of aryl methyl sites for hydroxylation is 1. The van der Waals surface area contributed by atoms with Crippen molar-refractivity contribution in [3.8, 4) is 5.69 Å². The molecule has 1 amide bonds. The van der Waals surface area contributed by atoms with Crippen LogP contribution in [0.4, 0.5) is 5.69 Å². The first-order valence-corrected chi connectivity index (χ1v) is 10.7. The second-order valence-corrected chi connectivity index (χ2v) is 8.45. The first-order chi connectivity index (χ1) is 14.6. The van der Waals surface area contributed by atoms with E-state index in [0.29, 0.717) is 17.1 Å². The van der Waals surface area contributed by atoms with Gasteiger partial charge in [0.05, 0.1) is 23.3 Å². The summed E-state index contributed by atoms with van der Waals surface area (Å²) in [5.41, 5.74) is 12.3. The van der Waals surface area contributed by atoms with Crippen LogP contribution in [0.5, 0.6) is 0 Å². The molecule has 30 heavy (non-hydrogen) atoms. The molecule has 0 radical (unpaired) electrons. The molecule has 0 unspecified atom stereocenters. The van der Waals surface area contributed by atoms with Crippen molar-refractivity contribution in [2.75, 3.05) is 12.3 Å². The van der Waals surface area contributed by atoms with Gasteiger partial charge in [-0.1, -0.05) is 12.1 Å². The fourth-order valence-corrected chi connectivity index (χ4v) is 4.80. The third kappa shape index (κ3) is 3.34. The van der Waals surface area contributed by atoms with Gasteiger partial charge >= 0.3 is 0 Å². The Labute approximate surface area is 177 Å². The molecule has 0 saturated carbocycles. The number of amides is 1. The van der Waals surface area contributed by atoms with Crippen LogP contribution in [0.15, 0.2) is 42.6 Å². The van der Waals surface area contributed by atoms with E-state index in [2.05, 4.69) is 45.0 Å². The molecule has 152 valence electrons. The first-order valence-electron chi connectivity index (χ1n) is 9.90. The van der Waals surface area contributed by atoms with Gasteiger partial charge in [0.2, 0.25) is 0 Å². The number of rotatable bonds is 5. The van der Waals surface area contributed by atoms with Gasteiger partial charge in [-0.2, -0.15) is 5.10 Å². The molecule has 0 spiro atoms. The number of thiophene rings is 1. The van der Waals surface area contributed by atoms with Crippen LogP contribution < -0.4 is 16.4 Å². The molecule has 7 nitrogen and oxygen atoms in total. The second-order valence-electron chi connectivity index (χ2n) is 7.45. The number of nitrogens with zero attached hydrogens (tertiary/aromatic N) is 3. The fourth-order valence-electron chi connectivity index (χ4n) is 3.74. The minimum Gasteiger partial charge on any atom is -0.397 e. The maximum absolute atomic E-state index is 12.6. The Morgan fingerprint density at radius 1 is 1.23 bits per heavy atom. The molecule has 1 aliphatic heterocycles. The number of benzene rings is 1. The summed E-state index contributed by atoms with van der Waals surface area (Å²) in [5.74, 6) is -0.149. The highest BCUT2D eigenvalue weighted by atomic mass is 32.1.